The fraction of sp³-hybridized carbons (Fsp3) is 0.583. The standard InChI is InChI=1S/C12H18N4O2.ClH/c1-15(9-10-4-7-13-8-5-10)12-11(16(17)18)3-2-6-14-12;/h2-3,6,10,13H,4-5,7-9H2,1H3;1H. The van der Waals surface area contributed by atoms with Gasteiger partial charge in [-0.1, -0.05) is 0 Å². The lowest BCUT2D eigenvalue weighted by molar-refractivity contribution is -0.384. The fourth-order valence-electron chi connectivity index (χ4n) is 2.36. The molecule has 2 heterocycles. The molecule has 0 unspecified atom stereocenters. The van der Waals surface area contributed by atoms with E-state index in [1.54, 1.807) is 12.3 Å². The highest BCUT2D eigenvalue weighted by Gasteiger charge is 2.21. The largest absolute Gasteiger partial charge is 0.354 e. The molecule has 7 heteroatoms. The molecule has 106 valence electrons. The van der Waals surface area contributed by atoms with E-state index >= 15 is 0 Å². The summed E-state index contributed by atoms with van der Waals surface area (Å²) < 4.78 is 0. The monoisotopic (exact) mass is 286 g/mol. The number of rotatable bonds is 4. The quantitative estimate of drug-likeness (QED) is 0.675. The van der Waals surface area contributed by atoms with E-state index in [4.69, 9.17) is 0 Å². The molecule has 0 bridgehead atoms. The lowest BCUT2D eigenvalue weighted by atomic mass is 9.98. The van der Waals surface area contributed by atoms with Crippen molar-refractivity contribution >= 4 is 23.9 Å². The zero-order chi connectivity index (χ0) is 13.0. The Morgan fingerprint density at radius 2 is 2.21 bits per heavy atom. The van der Waals surface area contributed by atoms with Crippen molar-refractivity contribution in [2.45, 2.75) is 12.8 Å². The van der Waals surface area contributed by atoms with Gasteiger partial charge in [0.15, 0.2) is 0 Å². The maximum Gasteiger partial charge on any atom is 0.311 e. The molecule has 1 aliphatic heterocycles. The fourth-order valence-corrected chi connectivity index (χ4v) is 2.36. The molecule has 6 nitrogen and oxygen atoms in total. The molecule has 19 heavy (non-hydrogen) atoms. The predicted octanol–water partition coefficient (Wildman–Crippen LogP) is 1.85. The van der Waals surface area contributed by atoms with Crippen molar-refractivity contribution in [3.05, 3.63) is 28.4 Å². The minimum absolute atomic E-state index is 0. The minimum Gasteiger partial charge on any atom is -0.354 e. The third-order valence-corrected chi connectivity index (χ3v) is 3.32. The molecule has 0 saturated carbocycles. The SMILES string of the molecule is CN(CC1CCNCC1)c1ncccc1[N+](=O)[O-].Cl. The lowest BCUT2D eigenvalue weighted by Gasteiger charge is -2.27. The van der Waals surface area contributed by atoms with Crippen molar-refractivity contribution in [3.8, 4) is 0 Å². The van der Waals surface area contributed by atoms with Crippen LogP contribution in [0.4, 0.5) is 11.5 Å². The van der Waals surface area contributed by atoms with E-state index in [9.17, 15) is 10.1 Å². The summed E-state index contributed by atoms with van der Waals surface area (Å²) in [5, 5.41) is 14.3. The zero-order valence-electron chi connectivity index (χ0n) is 10.9. The number of nitro groups is 1. The second kappa shape index (κ2) is 7.25. The van der Waals surface area contributed by atoms with Crippen LogP contribution in [-0.4, -0.2) is 36.6 Å². The molecule has 1 N–H and O–H groups in total. The first-order chi connectivity index (χ1) is 8.68. The van der Waals surface area contributed by atoms with Crippen LogP contribution in [0.5, 0.6) is 0 Å². The van der Waals surface area contributed by atoms with Crippen LogP contribution < -0.4 is 10.2 Å². The molecular formula is C12H19ClN4O2. The first-order valence-electron chi connectivity index (χ1n) is 6.19. The number of aromatic nitrogens is 1. The Morgan fingerprint density at radius 1 is 1.53 bits per heavy atom. The average molecular weight is 287 g/mol. The van der Waals surface area contributed by atoms with Crippen LogP contribution in [0.3, 0.4) is 0 Å². The van der Waals surface area contributed by atoms with Crippen LogP contribution in [0.2, 0.25) is 0 Å². The van der Waals surface area contributed by atoms with Crippen molar-refractivity contribution in [3.63, 3.8) is 0 Å². The Bertz CT molecular complexity index is 424. The Labute approximate surface area is 118 Å². The highest BCUT2D eigenvalue weighted by atomic mass is 35.5. The van der Waals surface area contributed by atoms with E-state index in [1.807, 2.05) is 11.9 Å². The smallest absolute Gasteiger partial charge is 0.311 e. The normalized spacial score (nSPS) is 15.6. The zero-order valence-corrected chi connectivity index (χ0v) is 11.7. The van der Waals surface area contributed by atoms with E-state index < -0.39 is 0 Å². The Hall–Kier alpha value is -1.40. The maximum absolute atomic E-state index is 10.9. The van der Waals surface area contributed by atoms with Crippen LogP contribution in [0.1, 0.15) is 12.8 Å². The number of piperidine rings is 1. The summed E-state index contributed by atoms with van der Waals surface area (Å²) in [5.74, 6) is 1.04. The van der Waals surface area contributed by atoms with Gasteiger partial charge in [-0.25, -0.2) is 4.98 Å². The van der Waals surface area contributed by atoms with Gasteiger partial charge in [-0.3, -0.25) is 10.1 Å². The summed E-state index contributed by atoms with van der Waals surface area (Å²) in [7, 11) is 1.87. The number of pyridine rings is 1. The highest BCUT2D eigenvalue weighted by molar-refractivity contribution is 5.85. The van der Waals surface area contributed by atoms with Crippen molar-refractivity contribution < 1.29 is 4.92 Å². The molecule has 0 amide bonds. The maximum atomic E-state index is 10.9. The molecule has 1 aliphatic rings. The van der Waals surface area contributed by atoms with Gasteiger partial charge in [0.2, 0.25) is 5.82 Å². The number of anilines is 1. The first kappa shape index (κ1) is 15.7. The van der Waals surface area contributed by atoms with Crippen LogP contribution in [-0.2, 0) is 0 Å². The van der Waals surface area contributed by atoms with Gasteiger partial charge in [-0.2, -0.15) is 0 Å². The Balaban J connectivity index is 0.00000180. The summed E-state index contributed by atoms with van der Waals surface area (Å²) in [6.07, 6.45) is 3.83. The van der Waals surface area contributed by atoms with Crippen LogP contribution in [0, 0.1) is 16.0 Å². The van der Waals surface area contributed by atoms with Crippen molar-refractivity contribution in [1.29, 1.82) is 0 Å². The van der Waals surface area contributed by atoms with Gasteiger partial charge >= 0.3 is 5.69 Å². The van der Waals surface area contributed by atoms with Gasteiger partial charge in [0.1, 0.15) is 0 Å². The van der Waals surface area contributed by atoms with Crippen molar-refractivity contribution in [2.75, 3.05) is 31.6 Å². The molecule has 0 aromatic carbocycles. The van der Waals surface area contributed by atoms with Crippen LogP contribution in [0.25, 0.3) is 0 Å². The number of halogens is 1. The van der Waals surface area contributed by atoms with Crippen molar-refractivity contribution in [2.24, 2.45) is 5.92 Å². The van der Waals surface area contributed by atoms with Gasteiger partial charge in [0.05, 0.1) is 4.92 Å². The van der Waals surface area contributed by atoms with E-state index in [0.29, 0.717) is 11.7 Å². The molecule has 2 rings (SSSR count). The molecule has 0 aliphatic carbocycles. The predicted molar refractivity (Wildman–Crippen MR) is 77.0 cm³/mol. The molecule has 0 spiro atoms. The molecule has 1 fully saturated rings. The summed E-state index contributed by atoms with van der Waals surface area (Å²) in [6, 6.07) is 3.10. The number of hydrogen-bond donors (Lipinski definition) is 1. The first-order valence-corrected chi connectivity index (χ1v) is 6.19. The molecule has 0 atom stereocenters. The number of hydrogen-bond acceptors (Lipinski definition) is 5. The third-order valence-electron chi connectivity index (χ3n) is 3.32. The second-order valence-electron chi connectivity index (χ2n) is 4.68. The Kier molecular flexibility index (Phi) is 5.98. The van der Waals surface area contributed by atoms with Crippen LogP contribution >= 0.6 is 12.4 Å². The lowest BCUT2D eigenvalue weighted by Crippen LogP contribution is -2.35. The van der Waals surface area contributed by atoms with Gasteiger partial charge in [-0.15, -0.1) is 12.4 Å². The third kappa shape index (κ3) is 4.04. The summed E-state index contributed by atoms with van der Waals surface area (Å²) >= 11 is 0. The van der Waals surface area contributed by atoms with E-state index in [2.05, 4.69) is 10.3 Å². The van der Waals surface area contributed by atoms with Gasteiger partial charge in [0, 0.05) is 25.9 Å². The van der Waals surface area contributed by atoms with Gasteiger partial charge in [0.25, 0.3) is 0 Å². The average Bonchev–Trinajstić information content (AvgIpc) is 2.40. The van der Waals surface area contributed by atoms with E-state index in [1.165, 1.54) is 6.07 Å². The summed E-state index contributed by atoms with van der Waals surface area (Å²) in [6.45, 7) is 2.88. The number of nitrogens with zero attached hydrogens (tertiary/aromatic N) is 3. The highest BCUT2D eigenvalue weighted by Crippen LogP contribution is 2.25. The molecule has 1 saturated heterocycles. The molecule has 1 aromatic rings. The van der Waals surface area contributed by atoms with E-state index in [0.717, 1.165) is 32.5 Å². The second-order valence-corrected chi connectivity index (χ2v) is 4.68. The molecule has 0 radical (unpaired) electrons. The summed E-state index contributed by atoms with van der Waals surface area (Å²) in [4.78, 5) is 16.6. The van der Waals surface area contributed by atoms with E-state index in [-0.39, 0.29) is 23.0 Å². The van der Waals surface area contributed by atoms with Crippen molar-refractivity contribution in [1.82, 2.24) is 10.3 Å². The topological polar surface area (TPSA) is 71.3 Å². The van der Waals surface area contributed by atoms with Gasteiger partial charge < -0.3 is 10.2 Å². The number of nitrogens with one attached hydrogen (secondary N) is 1. The van der Waals surface area contributed by atoms with Crippen LogP contribution in [0.15, 0.2) is 18.3 Å². The van der Waals surface area contributed by atoms with Gasteiger partial charge in [-0.05, 0) is 37.9 Å². The molecule has 1 aromatic heterocycles. The minimum atomic E-state index is -0.374. The summed E-state index contributed by atoms with van der Waals surface area (Å²) in [5.41, 5.74) is 0.0777. The molecular weight excluding hydrogens is 268 g/mol. The Morgan fingerprint density at radius 3 is 2.84 bits per heavy atom.